The summed E-state index contributed by atoms with van der Waals surface area (Å²) in [6.07, 6.45) is 1.61. The summed E-state index contributed by atoms with van der Waals surface area (Å²) < 4.78 is 11.5. The monoisotopic (exact) mass is 491 g/mol. The number of nitrogens with zero attached hydrogens (tertiary/aromatic N) is 2. The number of nitriles is 1. The second-order valence-electron chi connectivity index (χ2n) is 7.13. The summed E-state index contributed by atoms with van der Waals surface area (Å²) in [4.78, 5) is 4.59. The lowest BCUT2D eigenvalue weighted by atomic mass is 10.1. The topological polar surface area (TPSA) is 71.1 Å². The minimum atomic E-state index is 0.387. The molecule has 2 heterocycles. The largest absolute Gasteiger partial charge is 0.495 e. The van der Waals surface area contributed by atoms with Crippen LogP contribution in [0.2, 0.25) is 10.0 Å². The Hall–Kier alpha value is -3.50. The van der Waals surface area contributed by atoms with Crippen molar-refractivity contribution >= 4 is 67.7 Å². The molecule has 5 nitrogen and oxygen atoms in total. The Bertz CT molecular complexity index is 1580. The molecule has 0 saturated heterocycles. The standard InChI is InChI=1S/C25H15Cl2N3O2S/c1-31-24-9-17-16-4-2-3-5-22(16)32-23(17)10-20(24)29-12-15(11-28)25-30-21(13-33-25)14-6-7-18(26)19(27)8-14/h2-10,12-13,29H,1H3/b15-12+. The molecule has 0 spiro atoms. The summed E-state index contributed by atoms with van der Waals surface area (Å²) in [5.41, 5.74) is 4.14. The second kappa shape index (κ2) is 8.80. The molecule has 5 aromatic rings. The van der Waals surface area contributed by atoms with Gasteiger partial charge in [0.15, 0.2) is 0 Å². The predicted octanol–water partition coefficient (Wildman–Crippen LogP) is 8.00. The molecule has 0 unspecified atom stereocenters. The van der Waals surface area contributed by atoms with Crippen molar-refractivity contribution in [2.75, 3.05) is 12.4 Å². The lowest BCUT2D eigenvalue weighted by Gasteiger charge is -2.08. The Labute approximate surface area is 203 Å². The van der Waals surface area contributed by atoms with Gasteiger partial charge >= 0.3 is 0 Å². The average molecular weight is 492 g/mol. The highest BCUT2D eigenvalue weighted by molar-refractivity contribution is 7.11. The van der Waals surface area contributed by atoms with Crippen LogP contribution < -0.4 is 10.1 Å². The van der Waals surface area contributed by atoms with E-state index in [9.17, 15) is 5.26 Å². The molecule has 8 heteroatoms. The SMILES string of the molecule is COc1cc2c(cc1N/C=C(\C#N)c1nc(-c3ccc(Cl)c(Cl)c3)cs1)oc1ccccc12. The molecule has 0 fully saturated rings. The Morgan fingerprint density at radius 3 is 2.73 bits per heavy atom. The average Bonchev–Trinajstić information content (AvgIpc) is 3.45. The molecule has 1 N–H and O–H groups in total. The van der Waals surface area contributed by atoms with Crippen molar-refractivity contribution in [1.82, 2.24) is 4.98 Å². The number of ether oxygens (including phenoxy) is 1. The number of nitrogens with one attached hydrogen (secondary N) is 1. The third kappa shape index (κ3) is 4.03. The number of furan rings is 1. The van der Waals surface area contributed by atoms with Crippen LogP contribution >= 0.6 is 34.5 Å². The van der Waals surface area contributed by atoms with Crippen LogP contribution in [-0.4, -0.2) is 12.1 Å². The van der Waals surface area contributed by atoms with Gasteiger partial charge in [-0.15, -0.1) is 11.3 Å². The number of thiazole rings is 1. The number of benzene rings is 3. The Morgan fingerprint density at radius 1 is 1.09 bits per heavy atom. The number of hydrogen-bond donors (Lipinski definition) is 1. The fraction of sp³-hybridized carbons (Fsp3) is 0.0400. The van der Waals surface area contributed by atoms with Gasteiger partial charge in [0.1, 0.15) is 33.6 Å². The van der Waals surface area contributed by atoms with Crippen LogP contribution in [0.1, 0.15) is 5.01 Å². The molecule has 0 radical (unpaired) electrons. The van der Waals surface area contributed by atoms with E-state index in [1.54, 1.807) is 25.4 Å². The van der Waals surface area contributed by atoms with Gasteiger partial charge in [0.25, 0.3) is 0 Å². The van der Waals surface area contributed by atoms with Gasteiger partial charge in [0, 0.05) is 34.0 Å². The zero-order chi connectivity index (χ0) is 22.9. The van der Waals surface area contributed by atoms with Crippen molar-refractivity contribution in [3.8, 4) is 23.1 Å². The van der Waals surface area contributed by atoms with E-state index in [1.165, 1.54) is 11.3 Å². The van der Waals surface area contributed by atoms with Crippen molar-refractivity contribution in [1.29, 1.82) is 5.26 Å². The Balaban J connectivity index is 1.47. The molecule has 0 atom stereocenters. The van der Waals surface area contributed by atoms with Crippen molar-refractivity contribution in [2.24, 2.45) is 0 Å². The highest BCUT2D eigenvalue weighted by atomic mass is 35.5. The molecule has 2 aromatic heterocycles. The molecule has 3 aromatic carbocycles. The maximum Gasteiger partial charge on any atom is 0.143 e. The van der Waals surface area contributed by atoms with Gasteiger partial charge in [-0.2, -0.15) is 5.26 Å². The number of rotatable bonds is 5. The molecule has 0 aliphatic carbocycles. The highest BCUT2D eigenvalue weighted by Crippen LogP contribution is 2.37. The summed E-state index contributed by atoms with van der Waals surface area (Å²) in [6.45, 7) is 0. The third-order valence-corrected chi connectivity index (χ3v) is 6.76. The van der Waals surface area contributed by atoms with Crippen LogP contribution in [-0.2, 0) is 0 Å². The number of para-hydroxylation sites is 1. The first kappa shape index (κ1) is 21.4. The van der Waals surface area contributed by atoms with Crippen LogP contribution in [0, 0.1) is 11.3 Å². The molecule has 0 saturated carbocycles. The molecule has 0 amide bonds. The molecular weight excluding hydrogens is 477 g/mol. The van der Waals surface area contributed by atoms with E-state index < -0.39 is 0 Å². The maximum atomic E-state index is 9.73. The number of fused-ring (bicyclic) bond motifs is 3. The first-order valence-electron chi connectivity index (χ1n) is 9.85. The molecule has 0 aliphatic heterocycles. The van der Waals surface area contributed by atoms with Gasteiger partial charge < -0.3 is 14.5 Å². The summed E-state index contributed by atoms with van der Waals surface area (Å²) in [5, 5.41) is 18.3. The number of methoxy groups -OCH3 is 1. The Kier molecular flexibility index (Phi) is 5.69. The maximum absolute atomic E-state index is 9.73. The van der Waals surface area contributed by atoms with Gasteiger partial charge in [0.2, 0.25) is 0 Å². The van der Waals surface area contributed by atoms with Crippen molar-refractivity contribution < 1.29 is 9.15 Å². The minimum absolute atomic E-state index is 0.387. The van der Waals surface area contributed by atoms with Gasteiger partial charge in [-0.05, 0) is 24.3 Å². The third-order valence-electron chi connectivity index (χ3n) is 5.14. The first-order valence-corrected chi connectivity index (χ1v) is 11.5. The van der Waals surface area contributed by atoms with E-state index in [4.69, 9.17) is 32.4 Å². The van der Waals surface area contributed by atoms with Crippen LogP contribution in [0.25, 0.3) is 38.8 Å². The van der Waals surface area contributed by atoms with Gasteiger partial charge in [-0.25, -0.2) is 4.98 Å². The number of halogens is 2. The summed E-state index contributed by atoms with van der Waals surface area (Å²) in [7, 11) is 1.61. The number of aromatic nitrogens is 1. The van der Waals surface area contributed by atoms with Crippen LogP contribution in [0.15, 0.2) is 70.6 Å². The highest BCUT2D eigenvalue weighted by Gasteiger charge is 2.13. The van der Waals surface area contributed by atoms with E-state index in [2.05, 4.69) is 16.4 Å². The van der Waals surface area contributed by atoms with E-state index in [0.717, 1.165) is 33.2 Å². The predicted molar refractivity (Wildman–Crippen MR) is 135 cm³/mol. The molecule has 0 aliphatic rings. The lowest BCUT2D eigenvalue weighted by Crippen LogP contribution is -1.95. The smallest absolute Gasteiger partial charge is 0.143 e. The minimum Gasteiger partial charge on any atom is -0.495 e. The first-order chi connectivity index (χ1) is 16.1. The molecular formula is C25H15Cl2N3O2S. The zero-order valence-corrected chi connectivity index (χ0v) is 19.6. The summed E-state index contributed by atoms with van der Waals surface area (Å²) >= 11 is 13.5. The summed E-state index contributed by atoms with van der Waals surface area (Å²) in [6, 6.07) is 19.2. The lowest BCUT2D eigenvalue weighted by molar-refractivity contribution is 0.417. The van der Waals surface area contributed by atoms with E-state index in [1.807, 2.05) is 47.8 Å². The molecule has 0 bridgehead atoms. The number of allylic oxidation sites excluding steroid dienone is 1. The van der Waals surface area contributed by atoms with E-state index >= 15 is 0 Å². The Morgan fingerprint density at radius 2 is 1.94 bits per heavy atom. The van der Waals surface area contributed by atoms with Crippen molar-refractivity contribution in [2.45, 2.75) is 0 Å². The molecule has 5 rings (SSSR count). The van der Waals surface area contributed by atoms with Crippen LogP contribution in [0.4, 0.5) is 5.69 Å². The fourth-order valence-corrected chi connectivity index (χ4v) is 4.60. The summed E-state index contributed by atoms with van der Waals surface area (Å²) in [5.74, 6) is 0.637. The van der Waals surface area contributed by atoms with Crippen LogP contribution in [0.3, 0.4) is 0 Å². The zero-order valence-electron chi connectivity index (χ0n) is 17.2. The quantitative estimate of drug-likeness (QED) is 0.252. The van der Waals surface area contributed by atoms with E-state index in [-0.39, 0.29) is 0 Å². The molecule has 33 heavy (non-hydrogen) atoms. The van der Waals surface area contributed by atoms with Gasteiger partial charge in [0.05, 0.1) is 28.5 Å². The second-order valence-corrected chi connectivity index (χ2v) is 8.80. The number of hydrogen-bond acceptors (Lipinski definition) is 6. The van der Waals surface area contributed by atoms with Crippen molar-refractivity contribution in [3.05, 3.63) is 81.2 Å². The van der Waals surface area contributed by atoms with Gasteiger partial charge in [-0.1, -0.05) is 47.5 Å². The number of anilines is 1. The molecule has 162 valence electrons. The van der Waals surface area contributed by atoms with Crippen LogP contribution in [0.5, 0.6) is 5.75 Å². The van der Waals surface area contributed by atoms with Gasteiger partial charge in [-0.3, -0.25) is 0 Å². The fourth-order valence-electron chi connectivity index (χ4n) is 3.51. The van der Waals surface area contributed by atoms with Crippen molar-refractivity contribution in [3.63, 3.8) is 0 Å². The normalized spacial score (nSPS) is 11.6. The van der Waals surface area contributed by atoms with E-state index in [0.29, 0.717) is 32.1 Å².